The zero-order valence-corrected chi connectivity index (χ0v) is 27.8. The molecule has 8 rings (SSSR count). The van der Waals surface area contributed by atoms with Crippen molar-refractivity contribution >= 4 is 17.4 Å². The van der Waals surface area contributed by atoms with Crippen molar-refractivity contribution in [2.75, 3.05) is 44.2 Å². The van der Waals surface area contributed by atoms with E-state index < -0.39 is 0 Å². The molecule has 0 amide bonds. The van der Waals surface area contributed by atoms with Crippen LogP contribution in [0, 0.1) is 17.8 Å². The van der Waals surface area contributed by atoms with Gasteiger partial charge in [0.05, 0.1) is 0 Å². The smallest absolute Gasteiger partial charge is 0.0367 e. The maximum absolute atomic E-state index is 4.28. The van der Waals surface area contributed by atoms with Crippen LogP contribution in [0.15, 0.2) is 107 Å². The molecular weight excluding hydrogens is 583 g/mol. The van der Waals surface area contributed by atoms with Crippen molar-refractivity contribution in [3.63, 3.8) is 0 Å². The van der Waals surface area contributed by atoms with E-state index in [4.69, 9.17) is 0 Å². The van der Waals surface area contributed by atoms with Crippen LogP contribution in [0.2, 0.25) is 0 Å². The molecule has 46 heavy (non-hydrogen) atoms. The normalized spacial score (nSPS) is 23.3. The molecule has 2 saturated heterocycles. The van der Waals surface area contributed by atoms with E-state index in [1.165, 1.54) is 98.8 Å². The minimum Gasteiger partial charge on any atom is -0.371 e. The molecule has 3 aliphatic heterocycles. The van der Waals surface area contributed by atoms with E-state index in [1.54, 1.807) is 22.9 Å². The van der Waals surface area contributed by atoms with Crippen molar-refractivity contribution < 1.29 is 0 Å². The van der Waals surface area contributed by atoms with Crippen molar-refractivity contribution in [1.82, 2.24) is 19.8 Å². The van der Waals surface area contributed by atoms with E-state index in [-0.39, 0.29) is 5.41 Å². The molecule has 4 aromatic rings. The Labute approximate surface area is 279 Å². The van der Waals surface area contributed by atoms with Gasteiger partial charge in [0.1, 0.15) is 0 Å². The second-order valence-corrected chi connectivity index (χ2v) is 15.5. The first kappa shape index (κ1) is 30.2. The fourth-order valence-electron chi connectivity index (χ4n) is 9.35. The molecule has 0 radical (unpaired) electrons. The molecule has 1 atom stereocenters. The largest absolute Gasteiger partial charge is 0.371 e. The highest BCUT2D eigenvalue weighted by Gasteiger charge is 2.51. The Morgan fingerprint density at radius 1 is 0.696 bits per heavy atom. The summed E-state index contributed by atoms with van der Waals surface area (Å²) < 4.78 is 0. The summed E-state index contributed by atoms with van der Waals surface area (Å²) in [6.45, 7) is 9.41. The number of hydrogen-bond donors (Lipinski definition) is 0. The van der Waals surface area contributed by atoms with Crippen LogP contribution in [0.25, 0.3) is 0 Å². The molecule has 4 aliphatic rings. The van der Waals surface area contributed by atoms with Crippen LogP contribution in [0.3, 0.4) is 0 Å². The number of fused-ring (bicyclic) bond motifs is 1. The lowest BCUT2D eigenvalue weighted by Gasteiger charge is -2.54. The van der Waals surface area contributed by atoms with Gasteiger partial charge in [-0.1, -0.05) is 48.9 Å². The first-order chi connectivity index (χ1) is 22.7. The quantitative estimate of drug-likeness (QED) is 0.187. The molecule has 0 spiro atoms. The molecule has 2 aromatic heterocycles. The van der Waals surface area contributed by atoms with Crippen LogP contribution in [-0.2, 0) is 18.5 Å². The van der Waals surface area contributed by atoms with Crippen molar-refractivity contribution in [2.45, 2.75) is 66.8 Å². The minimum atomic E-state index is 0.277. The summed E-state index contributed by atoms with van der Waals surface area (Å²) in [7, 11) is 0. The summed E-state index contributed by atoms with van der Waals surface area (Å²) in [6.07, 6.45) is 15.9. The maximum atomic E-state index is 4.28. The molecule has 1 aliphatic carbocycles. The molecule has 0 bridgehead atoms. The van der Waals surface area contributed by atoms with E-state index in [2.05, 4.69) is 97.5 Å². The van der Waals surface area contributed by atoms with Gasteiger partial charge >= 0.3 is 0 Å². The van der Waals surface area contributed by atoms with Crippen molar-refractivity contribution in [2.24, 2.45) is 17.8 Å². The molecule has 5 nitrogen and oxygen atoms in total. The lowest BCUT2D eigenvalue weighted by atomic mass is 9.57. The number of anilines is 1. The van der Waals surface area contributed by atoms with E-state index in [0.29, 0.717) is 0 Å². The zero-order chi connectivity index (χ0) is 30.8. The summed E-state index contributed by atoms with van der Waals surface area (Å²) in [6, 6.07) is 27.2. The summed E-state index contributed by atoms with van der Waals surface area (Å²) in [4.78, 5) is 19.1. The molecule has 0 N–H and O–H groups in total. The highest BCUT2D eigenvalue weighted by atomic mass is 32.2. The van der Waals surface area contributed by atoms with Gasteiger partial charge in [-0.3, -0.25) is 14.9 Å². The average molecular weight is 630 g/mol. The van der Waals surface area contributed by atoms with Crippen LogP contribution < -0.4 is 4.90 Å². The molecule has 3 fully saturated rings. The number of rotatable bonds is 9. The van der Waals surface area contributed by atoms with Crippen LogP contribution in [0.4, 0.5) is 5.69 Å². The number of piperidine rings is 1. The van der Waals surface area contributed by atoms with Crippen molar-refractivity contribution in [1.29, 1.82) is 0 Å². The molecular formula is C40H47N5S. The fraction of sp³-hybridized carbons (Fsp3) is 0.450. The Hall–Kier alpha value is -3.19. The highest BCUT2D eigenvalue weighted by Crippen LogP contribution is 2.53. The van der Waals surface area contributed by atoms with Gasteiger partial charge in [-0.2, -0.15) is 0 Å². The molecule has 5 heterocycles. The number of hydrogen-bond acceptors (Lipinski definition) is 6. The zero-order valence-electron chi connectivity index (χ0n) is 27.0. The van der Waals surface area contributed by atoms with E-state index in [1.807, 2.05) is 24.8 Å². The number of nitrogens with zero attached hydrogens (tertiary/aromatic N) is 5. The number of aromatic nitrogens is 2. The minimum absolute atomic E-state index is 0.277. The van der Waals surface area contributed by atoms with Gasteiger partial charge in [0, 0.05) is 90.9 Å². The third kappa shape index (κ3) is 6.24. The van der Waals surface area contributed by atoms with Gasteiger partial charge in [-0.25, -0.2) is 0 Å². The summed E-state index contributed by atoms with van der Waals surface area (Å²) in [5, 5.41) is 0. The van der Waals surface area contributed by atoms with E-state index >= 15 is 0 Å². The van der Waals surface area contributed by atoms with E-state index in [9.17, 15) is 0 Å². The summed E-state index contributed by atoms with van der Waals surface area (Å²) in [5.74, 6) is 2.34. The molecule has 2 aromatic carbocycles. The maximum Gasteiger partial charge on any atom is 0.0367 e. The standard InChI is InChI=1S/C40H47N5S/c1-4-8-39-33(5-1)29-44(25-31-13-19-41-20-14-31)30-40(39,34-6-2-3-7-34)35-17-23-43(24-18-35)26-32-27-45(28-32)36-9-11-37(12-10-36)46-38-15-21-42-22-16-38/h1,4-5,8-16,19-22,32,34-35H,2-3,6-7,17-18,23-30H2. The SMILES string of the molecule is c1ccc2c(c1)CN(Cc1ccncc1)CC2(C1CCCC1)C1CCN(CC2CN(c3ccc(Sc4ccncc4)cc3)C2)CC1. The summed E-state index contributed by atoms with van der Waals surface area (Å²) >= 11 is 1.80. The Bertz CT molecular complexity index is 1560. The Morgan fingerprint density at radius 2 is 1.35 bits per heavy atom. The molecule has 6 heteroatoms. The fourth-order valence-corrected chi connectivity index (χ4v) is 10.2. The lowest BCUT2D eigenvalue weighted by Crippen LogP contribution is -2.57. The Morgan fingerprint density at radius 3 is 2.09 bits per heavy atom. The first-order valence-corrected chi connectivity index (χ1v) is 18.4. The van der Waals surface area contributed by atoms with E-state index in [0.717, 1.165) is 30.8 Å². The van der Waals surface area contributed by atoms with Crippen LogP contribution in [0.1, 0.15) is 55.2 Å². The van der Waals surface area contributed by atoms with Crippen LogP contribution >= 0.6 is 11.8 Å². The van der Waals surface area contributed by atoms with Crippen molar-refractivity contribution in [3.8, 4) is 0 Å². The lowest BCUT2D eigenvalue weighted by molar-refractivity contribution is 0.0316. The third-order valence-corrected chi connectivity index (χ3v) is 12.5. The van der Waals surface area contributed by atoms with Gasteiger partial charge in [-0.05, 0) is 116 Å². The Balaban J connectivity index is 0.908. The van der Waals surface area contributed by atoms with Crippen LogP contribution in [-0.4, -0.2) is 59.0 Å². The third-order valence-electron chi connectivity index (χ3n) is 11.5. The number of likely N-dealkylation sites (tertiary alicyclic amines) is 1. The second kappa shape index (κ2) is 13.5. The molecule has 1 unspecified atom stereocenters. The van der Waals surface area contributed by atoms with Gasteiger partial charge in [0.15, 0.2) is 0 Å². The van der Waals surface area contributed by atoms with Gasteiger partial charge < -0.3 is 9.80 Å². The highest BCUT2D eigenvalue weighted by molar-refractivity contribution is 7.99. The van der Waals surface area contributed by atoms with Crippen LogP contribution in [0.5, 0.6) is 0 Å². The van der Waals surface area contributed by atoms with Gasteiger partial charge in [0.2, 0.25) is 0 Å². The molecule has 1 saturated carbocycles. The predicted octanol–water partition coefficient (Wildman–Crippen LogP) is 7.92. The first-order valence-electron chi connectivity index (χ1n) is 17.6. The number of pyridine rings is 2. The van der Waals surface area contributed by atoms with Crippen molar-refractivity contribution in [3.05, 3.63) is 114 Å². The Kier molecular flexibility index (Phi) is 8.85. The van der Waals surface area contributed by atoms with Gasteiger partial charge in [-0.15, -0.1) is 0 Å². The summed E-state index contributed by atoms with van der Waals surface area (Å²) in [5.41, 5.74) is 6.31. The second-order valence-electron chi connectivity index (χ2n) is 14.3. The topological polar surface area (TPSA) is 35.5 Å². The monoisotopic (exact) mass is 629 g/mol. The van der Waals surface area contributed by atoms with Gasteiger partial charge in [0.25, 0.3) is 0 Å². The number of benzene rings is 2. The molecule has 238 valence electrons. The predicted molar refractivity (Wildman–Crippen MR) is 188 cm³/mol. The average Bonchev–Trinajstić information content (AvgIpc) is 3.64.